The molecule has 0 unspecified atom stereocenters. The van der Waals surface area contributed by atoms with Gasteiger partial charge in [0.2, 0.25) is 11.8 Å². The number of carbonyl (C=O) groups excluding carboxylic acids is 2. The average Bonchev–Trinajstić information content (AvgIpc) is 2.99. The minimum absolute atomic E-state index is 0. The van der Waals surface area contributed by atoms with E-state index < -0.39 is 11.3 Å². The molecular weight excluding hydrogens is 330 g/mol. The summed E-state index contributed by atoms with van der Waals surface area (Å²) in [4.78, 5) is 26.3. The third-order valence-corrected chi connectivity index (χ3v) is 5.23. The zero-order valence-corrected chi connectivity index (χ0v) is 15.0. The van der Waals surface area contributed by atoms with Crippen LogP contribution in [0.15, 0.2) is 22.8 Å². The Balaban J connectivity index is 0.00000208. The van der Waals surface area contributed by atoms with E-state index in [9.17, 15) is 9.59 Å². The largest absolute Gasteiger partial charge is 0.468 e. The molecule has 1 aliphatic carbocycles. The molecule has 1 saturated heterocycles. The molecule has 3 rings (SSSR count). The van der Waals surface area contributed by atoms with Crippen molar-refractivity contribution in [3.63, 3.8) is 0 Å². The lowest BCUT2D eigenvalue weighted by Gasteiger charge is -2.24. The molecule has 0 spiro atoms. The Morgan fingerprint density at radius 1 is 1.42 bits per heavy atom. The number of hydrogen-bond acceptors (Lipinski definition) is 4. The second-order valence-electron chi connectivity index (χ2n) is 7.21. The van der Waals surface area contributed by atoms with Crippen LogP contribution in [0, 0.1) is 17.3 Å². The van der Waals surface area contributed by atoms with Gasteiger partial charge in [-0.1, -0.05) is 13.8 Å². The van der Waals surface area contributed by atoms with Crippen LogP contribution < -0.4 is 11.1 Å². The number of halogens is 1. The zero-order valence-electron chi connectivity index (χ0n) is 14.2. The predicted molar refractivity (Wildman–Crippen MR) is 92.4 cm³/mol. The number of nitrogens with two attached hydrogens (primary N) is 1. The molecule has 6 nitrogen and oxygen atoms in total. The first-order valence-corrected chi connectivity index (χ1v) is 8.28. The van der Waals surface area contributed by atoms with Gasteiger partial charge in [-0.15, -0.1) is 12.4 Å². The van der Waals surface area contributed by atoms with Crippen LogP contribution in [-0.4, -0.2) is 35.8 Å². The van der Waals surface area contributed by atoms with Crippen molar-refractivity contribution in [2.75, 3.05) is 13.1 Å². The molecule has 24 heavy (non-hydrogen) atoms. The van der Waals surface area contributed by atoms with Crippen molar-refractivity contribution in [3.05, 3.63) is 24.2 Å². The number of likely N-dealkylation sites (tertiary alicyclic amines) is 1. The van der Waals surface area contributed by atoms with Gasteiger partial charge < -0.3 is 15.5 Å². The van der Waals surface area contributed by atoms with Crippen LogP contribution in [0.3, 0.4) is 0 Å². The highest BCUT2D eigenvalue weighted by molar-refractivity contribution is 6.07. The third-order valence-electron chi connectivity index (χ3n) is 5.23. The van der Waals surface area contributed by atoms with Gasteiger partial charge in [-0.2, -0.15) is 0 Å². The molecule has 1 aromatic rings. The molecule has 2 fully saturated rings. The van der Waals surface area contributed by atoms with Crippen molar-refractivity contribution in [2.45, 2.75) is 39.3 Å². The lowest BCUT2D eigenvalue weighted by molar-refractivity contribution is -0.136. The molecule has 0 aromatic carbocycles. The van der Waals surface area contributed by atoms with Gasteiger partial charge in [0.05, 0.1) is 12.8 Å². The minimum Gasteiger partial charge on any atom is -0.468 e. The van der Waals surface area contributed by atoms with Gasteiger partial charge in [0.15, 0.2) is 0 Å². The van der Waals surface area contributed by atoms with E-state index in [1.54, 1.807) is 6.26 Å². The van der Waals surface area contributed by atoms with Gasteiger partial charge >= 0.3 is 0 Å². The van der Waals surface area contributed by atoms with Crippen LogP contribution in [0.5, 0.6) is 0 Å². The summed E-state index contributed by atoms with van der Waals surface area (Å²) in [5, 5.41) is 3.09. The number of hydrogen-bond donors (Lipinski definition) is 2. The number of rotatable bonds is 6. The summed E-state index contributed by atoms with van der Waals surface area (Å²) in [5.74, 6) is 1.04. The second-order valence-corrected chi connectivity index (χ2v) is 7.21. The van der Waals surface area contributed by atoms with Gasteiger partial charge in [0.1, 0.15) is 11.2 Å². The molecule has 134 valence electrons. The minimum atomic E-state index is -0.948. The summed E-state index contributed by atoms with van der Waals surface area (Å²) in [6, 6.07) is 3.89. The van der Waals surface area contributed by atoms with E-state index >= 15 is 0 Å². The van der Waals surface area contributed by atoms with Crippen LogP contribution >= 0.6 is 12.4 Å². The Morgan fingerprint density at radius 2 is 2.12 bits per heavy atom. The summed E-state index contributed by atoms with van der Waals surface area (Å²) >= 11 is 0. The zero-order chi connectivity index (χ0) is 16.6. The van der Waals surface area contributed by atoms with Crippen molar-refractivity contribution >= 4 is 24.2 Å². The number of nitrogens with one attached hydrogen (secondary N) is 1. The molecule has 3 N–H and O–H groups in total. The van der Waals surface area contributed by atoms with E-state index in [0.29, 0.717) is 24.7 Å². The number of amides is 2. The second kappa shape index (κ2) is 7.15. The lowest BCUT2D eigenvalue weighted by atomic mass is 9.90. The van der Waals surface area contributed by atoms with Gasteiger partial charge in [-0.3, -0.25) is 14.5 Å². The van der Waals surface area contributed by atoms with Crippen LogP contribution in [0.25, 0.3) is 0 Å². The number of nitrogens with zero attached hydrogens (tertiary/aromatic N) is 1. The van der Waals surface area contributed by atoms with E-state index in [1.807, 2.05) is 12.1 Å². The Morgan fingerprint density at radius 3 is 2.62 bits per heavy atom. The highest BCUT2D eigenvalue weighted by atomic mass is 35.5. The normalized spacial score (nSPS) is 25.3. The lowest BCUT2D eigenvalue weighted by Crippen LogP contribution is -2.48. The van der Waals surface area contributed by atoms with Gasteiger partial charge in [0, 0.05) is 19.1 Å². The van der Waals surface area contributed by atoms with E-state index in [1.165, 1.54) is 0 Å². The highest BCUT2D eigenvalue weighted by Crippen LogP contribution is 2.45. The van der Waals surface area contributed by atoms with Gasteiger partial charge in [-0.25, -0.2) is 0 Å². The third kappa shape index (κ3) is 3.59. The molecule has 7 heteroatoms. The molecular formula is C17H26ClN3O3. The first-order chi connectivity index (χ1) is 10.9. The van der Waals surface area contributed by atoms with Gasteiger partial charge in [-0.05, 0) is 36.8 Å². The quantitative estimate of drug-likeness (QED) is 0.757. The standard InChI is InChI=1S/C17H25N3O3.ClH/c1-11(2)13-9-20(8-12-4-3-7-23-12)10-14(13)19-16(22)17(5-6-17)15(18)21;/h3-4,7,11,13-14H,5-6,8-10H2,1-2H3,(H2,18,21)(H,19,22);1H/t13-,14+;/m1./s1. The average molecular weight is 356 g/mol. The van der Waals surface area contributed by atoms with Crippen molar-refractivity contribution in [1.82, 2.24) is 10.2 Å². The van der Waals surface area contributed by atoms with Crippen LogP contribution in [-0.2, 0) is 16.1 Å². The summed E-state index contributed by atoms with van der Waals surface area (Å²) in [6.07, 6.45) is 2.82. The summed E-state index contributed by atoms with van der Waals surface area (Å²) in [7, 11) is 0. The molecule has 0 bridgehead atoms. The maximum absolute atomic E-state index is 12.5. The molecule has 2 aliphatic rings. The first-order valence-electron chi connectivity index (χ1n) is 8.28. The van der Waals surface area contributed by atoms with E-state index in [-0.39, 0.29) is 24.4 Å². The molecule has 2 atom stereocenters. The van der Waals surface area contributed by atoms with Crippen molar-refractivity contribution in [3.8, 4) is 0 Å². The van der Waals surface area contributed by atoms with Crippen LogP contribution in [0.2, 0.25) is 0 Å². The molecule has 1 saturated carbocycles. The maximum Gasteiger partial charge on any atom is 0.235 e. The molecule has 0 radical (unpaired) electrons. The first kappa shape index (κ1) is 18.8. The number of carbonyl (C=O) groups is 2. The number of primary amides is 1. The van der Waals surface area contributed by atoms with Crippen molar-refractivity contribution in [1.29, 1.82) is 0 Å². The highest BCUT2D eigenvalue weighted by Gasteiger charge is 2.56. The maximum atomic E-state index is 12.5. The SMILES string of the molecule is CC(C)[C@H]1CN(Cc2ccco2)C[C@@H]1NC(=O)C1(C(N)=O)CC1.Cl. The van der Waals surface area contributed by atoms with E-state index in [4.69, 9.17) is 10.2 Å². The van der Waals surface area contributed by atoms with E-state index in [0.717, 1.165) is 25.4 Å². The summed E-state index contributed by atoms with van der Waals surface area (Å²) in [6.45, 7) is 6.75. The fraction of sp³-hybridized carbons (Fsp3) is 0.647. The molecule has 1 aromatic heterocycles. The van der Waals surface area contributed by atoms with Crippen molar-refractivity contribution < 1.29 is 14.0 Å². The molecule has 2 amide bonds. The fourth-order valence-corrected chi connectivity index (χ4v) is 3.51. The van der Waals surface area contributed by atoms with Crippen LogP contribution in [0.4, 0.5) is 0 Å². The number of furan rings is 1. The Bertz CT molecular complexity index is 584. The Hall–Kier alpha value is -1.53. The van der Waals surface area contributed by atoms with E-state index in [2.05, 4.69) is 24.1 Å². The Labute approximate surface area is 148 Å². The smallest absolute Gasteiger partial charge is 0.235 e. The molecule has 2 heterocycles. The Kier molecular flexibility index (Phi) is 5.60. The summed E-state index contributed by atoms with van der Waals surface area (Å²) < 4.78 is 5.41. The molecule has 1 aliphatic heterocycles. The predicted octanol–water partition coefficient (Wildman–Crippen LogP) is 1.54. The topological polar surface area (TPSA) is 88.6 Å². The monoisotopic (exact) mass is 355 g/mol. The van der Waals surface area contributed by atoms with Gasteiger partial charge in [0.25, 0.3) is 0 Å². The summed E-state index contributed by atoms with van der Waals surface area (Å²) in [5.41, 5.74) is 4.45. The van der Waals surface area contributed by atoms with Crippen LogP contribution in [0.1, 0.15) is 32.4 Å². The fourth-order valence-electron chi connectivity index (χ4n) is 3.51. The van der Waals surface area contributed by atoms with Crippen molar-refractivity contribution in [2.24, 2.45) is 23.0 Å².